The van der Waals surface area contributed by atoms with E-state index in [0.29, 0.717) is 5.39 Å². The van der Waals surface area contributed by atoms with Gasteiger partial charge in [0.05, 0.1) is 5.39 Å². The van der Waals surface area contributed by atoms with Crippen molar-refractivity contribution < 1.29 is 0 Å². The Morgan fingerprint density at radius 2 is 2.00 bits per heavy atom. The lowest BCUT2D eigenvalue weighted by atomic mass is 9.94. The van der Waals surface area contributed by atoms with Gasteiger partial charge >= 0.3 is 0 Å². The highest BCUT2D eigenvalue weighted by Crippen LogP contribution is 2.42. The van der Waals surface area contributed by atoms with Gasteiger partial charge in [-0.3, -0.25) is 4.79 Å². The van der Waals surface area contributed by atoms with E-state index >= 15 is 0 Å². The van der Waals surface area contributed by atoms with Crippen LogP contribution in [0.5, 0.6) is 0 Å². The molecule has 24 heavy (non-hydrogen) atoms. The third-order valence-electron chi connectivity index (χ3n) is 5.34. The average Bonchev–Trinajstić information content (AvgIpc) is 3.23. The number of H-pyrrole nitrogens is 1. The van der Waals surface area contributed by atoms with Crippen LogP contribution in [-0.4, -0.2) is 29.8 Å². The molecule has 0 amide bonds. The van der Waals surface area contributed by atoms with Crippen LogP contribution in [0.3, 0.4) is 0 Å². The normalized spacial score (nSPS) is 24.8. The molecule has 5 heteroatoms. The molecule has 2 aliphatic carbocycles. The molecule has 2 bridgehead atoms. The van der Waals surface area contributed by atoms with E-state index < -0.39 is 0 Å². The molecule has 1 heterocycles. The Hall–Kier alpha value is -2.14. The Kier molecular flexibility index (Phi) is 4.34. The minimum absolute atomic E-state index is 0.141. The first kappa shape index (κ1) is 15.4. The number of aromatic amines is 1. The summed E-state index contributed by atoms with van der Waals surface area (Å²) in [4.78, 5) is 11.8. The van der Waals surface area contributed by atoms with Crippen molar-refractivity contribution >= 4 is 16.6 Å². The average molecular weight is 324 g/mol. The molecule has 126 valence electrons. The number of anilines is 1. The van der Waals surface area contributed by atoms with Crippen LogP contribution in [0.15, 0.2) is 41.2 Å². The Balaban J connectivity index is 1.23. The maximum atomic E-state index is 11.8. The van der Waals surface area contributed by atoms with Gasteiger partial charge in [-0.15, -0.1) is 0 Å². The zero-order valence-corrected chi connectivity index (χ0v) is 13.8. The van der Waals surface area contributed by atoms with Crippen molar-refractivity contribution in [1.29, 1.82) is 0 Å². The minimum Gasteiger partial charge on any atom is -0.368 e. The highest BCUT2D eigenvalue weighted by Gasteiger charge is 2.34. The topological polar surface area (TPSA) is 69.8 Å². The summed E-state index contributed by atoms with van der Waals surface area (Å²) in [7, 11) is 0. The maximum absolute atomic E-state index is 11.8. The molecule has 1 aromatic carbocycles. The number of rotatable bonds is 7. The molecule has 1 aromatic heterocycles. The van der Waals surface area contributed by atoms with Gasteiger partial charge in [0.1, 0.15) is 0 Å². The number of fused-ring (bicyclic) bond motifs is 3. The zero-order valence-electron chi connectivity index (χ0n) is 13.8. The molecule has 0 saturated heterocycles. The zero-order chi connectivity index (χ0) is 16.4. The van der Waals surface area contributed by atoms with Gasteiger partial charge in [-0.1, -0.05) is 30.4 Å². The lowest BCUT2D eigenvalue weighted by Crippen LogP contribution is -2.27. The summed E-state index contributed by atoms with van der Waals surface area (Å²) < 4.78 is 0. The summed E-state index contributed by atoms with van der Waals surface area (Å²) in [5.41, 5.74) is -0.141. The van der Waals surface area contributed by atoms with E-state index in [1.807, 2.05) is 24.3 Å². The van der Waals surface area contributed by atoms with Gasteiger partial charge in [0.25, 0.3) is 5.56 Å². The molecule has 3 N–H and O–H groups in total. The molecule has 0 aliphatic heterocycles. The van der Waals surface area contributed by atoms with Crippen molar-refractivity contribution in [3.05, 3.63) is 46.8 Å². The molecule has 1 saturated carbocycles. The molecule has 4 rings (SSSR count). The van der Waals surface area contributed by atoms with Gasteiger partial charge in [0.2, 0.25) is 0 Å². The van der Waals surface area contributed by atoms with E-state index in [2.05, 4.69) is 33.0 Å². The van der Waals surface area contributed by atoms with E-state index in [1.165, 1.54) is 12.8 Å². The molecule has 5 nitrogen and oxygen atoms in total. The summed E-state index contributed by atoms with van der Waals surface area (Å²) in [6.07, 6.45) is 8.58. The van der Waals surface area contributed by atoms with Crippen LogP contribution in [0.2, 0.25) is 0 Å². The highest BCUT2D eigenvalue weighted by atomic mass is 16.1. The minimum atomic E-state index is -0.141. The quantitative estimate of drug-likeness (QED) is 0.541. The molecule has 0 radical (unpaired) electrons. The Labute approximate surface area is 141 Å². The SMILES string of the molecule is O=c1[nH]nc(NCCCNCC2CC3C=CC2C3)c2ccccc12. The number of allylic oxidation sites excluding steroid dienone is 2. The number of aromatic nitrogens is 2. The van der Waals surface area contributed by atoms with Crippen LogP contribution in [0.25, 0.3) is 10.8 Å². The van der Waals surface area contributed by atoms with E-state index in [0.717, 1.165) is 55.0 Å². The predicted octanol–water partition coefficient (Wildman–Crippen LogP) is 2.53. The van der Waals surface area contributed by atoms with Crippen molar-refractivity contribution in [3.63, 3.8) is 0 Å². The van der Waals surface area contributed by atoms with E-state index in [9.17, 15) is 4.79 Å². The van der Waals surface area contributed by atoms with Crippen molar-refractivity contribution in [3.8, 4) is 0 Å². The summed E-state index contributed by atoms with van der Waals surface area (Å²) in [6, 6.07) is 7.56. The van der Waals surface area contributed by atoms with Gasteiger partial charge in [-0.25, -0.2) is 5.10 Å². The smallest absolute Gasteiger partial charge is 0.272 e. The second kappa shape index (κ2) is 6.77. The number of hydrogen-bond donors (Lipinski definition) is 3. The molecular weight excluding hydrogens is 300 g/mol. The third-order valence-corrected chi connectivity index (χ3v) is 5.34. The van der Waals surface area contributed by atoms with Crippen molar-refractivity contribution in [2.24, 2.45) is 17.8 Å². The fraction of sp³-hybridized carbons (Fsp3) is 0.474. The Morgan fingerprint density at radius 3 is 2.79 bits per heavy atom. The fourth-order valence-electron chi connectivity index (χ4n) is 4.09. The number of nitrogens with zero attached hydrogens (tertiary/aromatic N) is 1. The Bertz CT molecular complexity index is 797. The second-order valence-electron chi connectivity index (χ2n) is 6.97. The first-order valence-electron chi connectivity index (χ1n) is 8.91. The summed E-state index contributed by atoms with van der Waals surface area (Å²) in [5.74, 6) is 3.25. The van der Waals surface area contributed by atoms with Gasteiger partial charge < -0.3 is 10.6 Å². The van der Waals surface area contributed by atoms with E-state index in [4.69, 9.17) is 0 Å². The predicted molar refractivity (Wildman–Crippen MR) is 97.2 cm³/mol. The molecule has 3 unspecified atom stereocenters. The van der Waals surface area contributed by atoms with Gasteiger partial charge in [-0.05, 0) is 56.2 Å². The molecule has 2 aliphatic rings. The molecule has 3 atom stereocenters. The summed E-state index contributed by atoms with van der Waals surface area (Å²) >= 11 is 0. The van der Waals surface area contributed by atoms with Crippen LogP contribution >= 0.6 is 0 Å². The van der Waals surface area contributed by atoms with Crippen LogP contribution in [0.4, 0.5) is 5.82 Å². The van der Waals surface area contributed by atoms with Crippen LogP contribution in [-0.2, 0) is 0 Å². The van der Waals surface area contributed by atoms with Crippen molar-refractivity contribution in [2.75, 3.05) is 25.0 Å². The first-order chi connectivity index (χ1) is 11.8. The summed E-state index contributed by atoms with van der Waals surface area (Å²) in [6.45, 7) is 2.98. The number of benzene rings is 1. The number of hydrogen-bond acceptors (Lipinski definition) is 4. The lowest BCUT2D eigenvalue weighted by Gasteiger charge is -2.18. The van der Waals surface area contributed by atoms with Crippen LogP contribution in [0, 0.1) is 17.8 Å². The molecular formula is C19H24N4O. The largest absolute Gasteiger partial charge is 0.368 e. The number of nitrogens with one attached hydrogen (secondary N) is 3. The van der Waals surface area contributed by atoms with Gasteiger partial charge in [-0.2, -0.15) is 5.10 Å². The van der Waals surface area contributed by atoms with Crippen molar-refractivity contribution in [1.82, 2.24) is 15.5 Å². The van der Waals surface area contributed by atoms with E-state index in [1.54, 1.807) is 0 Å². The molecule has 0 spiro atoms. The van der Waals surface area contributed by atoms with Crippen molar-refractivity contribution in [2.45, 2.75) is 19.3 Å². The summed E-state index contributed by atoms with van der Waals surface area (Å²) in [5, 5.41) is 15.2. The monoisotopic (exact) mass is 324 g/mol. The van der Waals surface area contributed by atoms with Gasteiger partial charge in [0, 0.05) is 11.9 Å². The van der Waals surface area contributed by atoms with Crippen LogP contribution in [0.1, 0.15) is 19.3 Å². The second-order valence-corrected chi connectivity index (χ2v) is 6.97. The molecule has 2 aromatic rings. The van der Waals surface area contributed by atoms with Gasteiger partial charge in [0.15, 0.2) is 5.82 Å². The lowest BCUT2D eigenvalue weighted by molar-refractivity contribution is 0.414. The third kappa shape index (κ3) is 3.08. The fourth-order valence-corrected chi connectivity index (χ4v) is 4.09. The first-order valence-corrected chi connectivity index (χ1v) is 8.91. The standard InChI is InChI=1S/C19H24N4O/c24-19-17-5-2-1-4-16(17)18(22-23-19)21-9-3-8-20-12-15-11-13-6-7-14(15)10-13/h1-2,4-7,13-15,20H,3,8-12H2,(H,21,22)(H,23,24). The maximum Gasteiger partial charge on any atom is 0.272 e. The highest BCUT2D eigenvalue weighted by molar-refractivity contribution is 5.90. The van der Waals surface area contributed by atoms with E-state index in [-0.39, 0.29) is 5.56 Å². The Morgan fingerprint density at radius 1 is 1.12 bits per heavy atom. The molecule has 1 fully saturated rings. The van der Waals surface area contributed by atoms with Crippen LogP contribution < -0.4 is 16.2 Å².